The topological polar surface area (TPSA) is 67.4 Å². The number of benzene rings is 1. The van der Waals surface area contributed by atoms with Crippen LogP contribution in [0.25, 0.3) is 0 Å². The van der Waals surface area contributed by atoms with E-state index in [9.17, 15) is 9.59 Å². The highest BCUT2D eigenvalue weighted by Gasteiger charge is 2.51. The summed E-state index contributed by atoms with van der Waals surface area (Å²) < 4.78 is 5.20. The summed E-state index contributed by atoms with van der Waals surface area (Å²) in [6.45, 7) is 1.02. The number of methoxy groups -OCH3 is 1. The first-order valence-electron chi connectivity index (χ1n) is 10.6. The van der Waals surface area contributed by atoms with Gasteiger partial charge in [-0.3, -0.25) is 9.59 Å². The molecule has 5 heteroatoms. The van der Waals surface area contributed by atoms with Gasteiger partial charge in [0, 0.05) is 20.1 Å². The number of hydrogen-bond acceptors (Lipinski definition) is 3. The predicted molar refractivity (Wildman–Crippen MR) is 107 cm³/mol. The van der Waals surface area contributed by atoms with Crippen LogP contribution in [0, 0.1) is 23.2 Å². The second-order valence-electron chi connectivity index (χ2n) is 9.35. The van der Waals surface area contributed by atoms with E-state index in [0.29, 0.717) is 19.6 Å². The van der Waals surface area contributed by atoms with E-state index in [1.165, 1.54) is 38.5 Å². The third kappa shape index (κ3) is 4.40. The van der Waals surface area contributed by atoms with Crippen molar-refractivity contribution < 1.29 is 14.3 Å². The summed E-state index contributed by atoms with van der Waals surface area (Å²) in [5.41, 5.74) is 2.32. The molecule has 0 unspecified atom stereocenters. The quantitative estimate of drug-likeness (QED) is 0.723. The van der Waals surface area contributed by atoms with Crippen LogP contribution < -0.4 is 10.6 Å². The van der Waals surface area contributed by atoms with Crippen LogP contribution in [0.15, 0.2) is 24.3 Å². The van der Waals surface area contributed by atoms with Gasteiger partial charge in [-0.2, -0.15) is 0 Å². The predicted octanol–water partition coefficient (Wildman–Crippen LogP) is 3.17. The first-order chi connectivity index (χ1) is 13.5. The standard InChI is InChI=1S/C23H32N2O3/c1-28-15-20-5-3-2-4-19(20)13-24-22(27)14-25-21(26)12-23-9-16-6-17(10-23)8-18(7-16)11-23/h2-5,16-18H,6-15H2,1H3,(H,24,27)(H,25,26). The van der Waals surface area contributed by atoms with Crippen LogP contribution in [0.2, 0.25) is 0 Å². The molecule has 4 fully saturated rings. The third-order valence-corrected chi connectivity index (χ3v) is 7.04. The van der Waals surface area contributed by atoms with Crippen molar-refractivity contribution in [1.29, 1.82) is 0 Å². The van der Waals surface area contributed by atoms with E-state index in [-0.39, 0.29) is 23.8 Å². The molecule has 0 saturated heterocycles. The molecule has 28 heavy (non-hydrogen) atoms. The Hall–Kier alpha value is -1.88. The van der Waals surface area contributed by atoms with Crippen molar-refractivity contribution in [2.24, 2.45) is 23.2 Å². The van der Waals surface area contributed by atoms with Crippen molar-refractivity contribution in [1.82, 2.24) is 10.6 Å². The van der Waals surface area contributed by atoms with Gasteiger partial charge in [-0.15, -0.1) is 0 Å². The van der Waals surface area contributed by atoms with Crippen molar-refractivity contribution in [2.75, 3.05) is 13.7 Å². The number of rotatable bonds is 8. The number of ether oxygens (including phenoxy) is 1. The van der Waals surface area contributed by atoms with E-state index in [4.69, 9.17) is 4.74 Å². The Kier molecular flexibility index (Phi) is 5.72. The Morgan fingerprint density at radius 3 is 2.18 bits per heavy atom. The third-order valence-electron chi connectivity index (χ3n) is 7.04. The van der Waals surface area contributed by atoms with Crippen molar-refractivity contribution in [3.8, 4) is 0 Å². The molecule has 0 aromatic heterocycles. The summed E-state index contributed by atoms with van der Waals surface area (Å²) >= 11 is 0. The minimum absolute atomic E-state index is 0.0388. The first kappa shape index (κ1) is 19.4. The lowest BCUT2D eigenvalue weighted by atomic mass is 9.49. The number of hydrogen-bond donors (Lipinski definition) is 2. The van der Waals surface area contributed by atoms with E-state index in [1.54, 1.807) is 7.11 Å². The highest BCUT2D eigenvalue weighted by Crippen LogP contribution is 2.61. The average Bonchev–Trinajstić information content (AvgIpc) is 2.64. The molecule has 5 nitrogen and oxygen atoms in total. The molecule has 1 aromatic rings. The summed E-state index contributed by atoms with van der Waals surface area (Å²) in [5.74, 6) is 2.42. The largest absolute Gasteiger partial charge is 0.380 e. The molecule has 5 rings (SSSR count). The maximum atomic E-state index is 12.5. The maximum Gasteiger partial charge on any atom is 0.239 e. The molecule has 1 aromatic carbocycles. The normalized spacial score (nSPS) is 30.2. The van der Waals surface area contributed by atoms with Gasteiger partial charge in [0.2, 0.25) is 11.8 Å². The van der Waals surface area contributed by atoms with E-state index >= 15 is 0 Å². The van der Waals surface area contributed by atoms with Crippen LogP contribution in [0.1, 0.15) is 56.1 Å². The minimum atomic E-state index is -0.147. The summed E-state index contributed by atoms with van der Waals surface area (Å²) in [5, 5.41) is 5.76. The van der Waals surface area contributed by atoms with Crippen LogP contribution in [0.3, 0.4) is 0 Å². The molecule has 4 saturated carbocycles. The molecule has 4 aliphatic carbocycles. The van der Waals surface area contributed by atoms with E-state index in [0.717, 1.165) is 28.9 Å². The molecular weight excluding hydrogens is 352 g/mol. The molecule has 2 N–H and O–H groups in total. The van der Waals surface area contributed by atoms with Gasteiger partial charge < -0.3 is 15.4 Å². The fourth-order valence-corrected chi connectivity index (χ4v) is 6.37. The smallest absolute Gasteiger partial charge is 0.239 e. The van der Waals surface area contributed by atoms with Gasteiger partial charge in [-0.05, 0) is 72.8 Å². The van der Waals surface area contributed by atoms with Gasteiger partial charge in [-0.25, -0.2) is 0 Å². The van der Waals surface area contributed by atoms with Crippen LogP contribution >= 0.6 is 0 Å². The van der Waals surface area contributed by atoms with Gasteiger partial charge in [-0.1, -0.05) is 24.3 Å². The molecular formula is C23H32N2O3. The van der Waals surface area contributed by atoms with E-state index < -0.39 is 0 Å². The van der Waals surface area contributed by atoms with Gasteiger partial charge in [0.05, 0.1) is 13.2 Å². The fourth-order valence-electron chi connectivity index (χ4n) is 6.37. The number of carbonyl (C=O) groups excluding carboxylic acids is 2. The average molecular weight is 385 g/mol. The number of nitrogens with one attached hydrogen (secondary N) is 2. The van der Waals surface area contributed by atoms with Crippen LogP contribution in [-0.2, 0) is 27.5 Å². The highest BCUT2D eigenvalue weighted by molar-refractivity contribution is 5.85. The molecule has 0 atom stereocenters. The van der Waals surface area contributed by atoms with Crippen molar-refractivity contribution >= 4 is 11.8 Å². The van der Waals surface area contributed by atoms with Crippen molar-refractivity contribution in [3.63, 3.8) is 0 Å². The van der Waals surface area contributed by atoms with Crippen molar-refractivity contribution in [3.05, 3.63) is 35.4 Å². The summed E-state index contributed by atoms with van der Waals surface area (Å²) in [4.78, 5) is 24.7. The lowest BCUT2D eigenvalue weighted by Gasteiger charge is -2.56. The summed E-state index contributed by atoms with van der Waals surface area (Å²) in [6, 6.07) is 7.90. The van der Waals surface area contributed by atoms with Gasteiger partial charge in [0.1, 0.15) is 0 Å². The zero-order valence-electron chi connectivity index (χ0n) is 16.8. The summed E-state index contributed by atoms with van der Waals surface area (Å²) in [7, 11) is 1.66. The van der Waals surface area contributed by atoms with Crippen LogP contribution in [-0.4, -0.2) is 25.5 Å². The first-order valence-corrected chi connectivity index (χ1v) is 10.6. The monoisotopic (exact) mass is 384 g/mol. The molecule has 0 radical (unpaired) electrons. The zero-order chi connectivity index (χ0) is 19.6. The molecule has 4 aliphatic rings. The molecule has 152 valence electrons. The van der Waals surface area contributed by atoms with Crippen LogP contribution in [0.5, 0.6) is 0 Å². The maximum absolute atomic E-state index is 12.5. The number of amides is 2. The Morgan fingerprint density at radius 2 is 1.57 bits per heavy atom. The van der Waals surface area contributed by atoms with Gasteiger partial charge >= 0.3 is 0 Å². The fraction of sp³-hybridized carbons (Fsp3) is 0.652. The molecule has 2 amide bonds. The highest BCUT2D eigenvalue weighted by atomic mass is 16.5. The lowest BCUT2D eigenvalue weighted by Crippen LogP contribution is -2.48. The van der Waals surface area contributed by atoms with E-state index in [2.05, 4.69) is 10.6 Å². The number of carbonyl (C=O) groups is 2. The Bertz CT molecular complexity index is 695. The zero-order valence-corrected chi connectivity index (χ0v) is 16.8. The Balaban J connectivity index is 1.22. The summed E-state index contributed by atoms with van der Waals surface area (Å²) in [6.07, 6.45) is 8.40. The van der Waals surface area contributed by atoms with E-state index in [1.807, 2.05) is 24.3 Å². The second-order valence-corrected chi connectivity index (χ2v) is 9.35. The molecule has 4 bridgehead atoms. The second kappa shape index (κ2) is 8.24. The minimum Gasteiger partial charge on any atom is -0.380 e. The molecule has 0 aliphatic heterocycles. The van der Waals surface area contributed by atoms with Crippen molar-refractivity contribution in [2.45, 2.75) is 58.1 Å². The van der Waals surface area contributed by atoms with Crippen LogP contribution in [0.4, 0.5) is 0 Å². The molecule has 0 heterocycles. The SMILES string of the molecule is COCc1ccccc1CNC(=O)CNC(=O)CC12CC3CC(CC(C3)C1)C2. The molecule has 0 spiro atoms. The Labute approximate surface area is 167 Å². The van der Waals surface area contributed by atoms with Gasteiger partial charge in [0.15, 0.2) is 0 Å². The van der Waals surface area contributed by atoms with Gasteiger partial charge in [0.25, 0.3) is 0 Å². The Morgan fingerprint density at radius 1 is 0.964 bits per heavy atom. The lowest BCUT2D eigenvalue weighted by molar-refractivity contribution is -0.131.